The van der Waals surface area contributed by atoms with Crippen molar-refractivity contribution in [1.82, 2.24) is 30.6 Å². The molecular weight excluding hydrogens is 622 g/mol. The number of halogens is 2. The van der Waals surface area contributed by atoms with Crippen molar-refractivity contribution in [2.24, 2.45) is 0 Å². The third-order valence-electron chi connectivity index (χ3n) is 9.36. The Bertz CT molecular complexity index is 1870. The smallest absolute Gasteiger partial charge is 0.299 e. The first-order valence-corrected chi connectivity index (χ1v) is 17.8. The molecule has 2 fully saturated rings. The van der Waals surface area contributed by atoms with Gasteiger partial charge in [-0.3, -0.25) is 0 Å². The number of fused-ring (bicyclic) bond motifs is 4. The van der Waals surface area contributed by atoms with Gasteiger partial charge in [0.05, 0.1) is 49.2 Å². The van der Waals surface area contributed by atoms with Crippen molar-refractivity contribution in [3.8, 4) is 33.5 Å². The lowest BCUT2D eigenvalue weighted by Crippen LogP contribution is -2.38. The summed E-state index contributed by atoms with van der Waals surface area (Å²) < 4.78 is 43.4. The van der Waals surface area contributed by atoms with Crippen LogP contribution in [0, 0.1) is 0 Å². The van der Waals surface area contributed by atoms with Gasteiger partial charge in [-0.1, -0.05) is 70.9 Å². The van der Waals surface area contributed by atoms with Crippen LogP contribution in [0.5, 0.6) is 0 Å². The first-order chi connectivity index (χ1) is 23.8. The molecule has 0 radical (unpaired) electrons. The molecule has 3 aliphatic rings. The zero-order valence-electron chi connectivity index (χ0n) is 29.2. The van der Waals surface area contributed by atoms with E-state index in [-0.39, 0.29) is 11.1 Å². The molecule has 8 rings (SSSR count). The van der Waals surface area contributed by atoms with E-state index < -0.39 is 11.7 Å². The monoisotopic (exact) mass is 670 g/mol. The fourth-order valence-electron chi connectivity index (χ4n) is 6.93. The molecule has 1 saturated heterocycles. The van der Waals surface area contributed by atoms with E-state index in [2.05, 4.69) is 25.6 Å². The molecule has 49 heavy (non-hydrogen) atoms. The first-order valence-electron chi connectivity index (χ1n) is 17.8. The summed E-state index contributed by atoms with van der Waals surface area (Å²) in [5.74, 6) is -2.17. The Hall–Kier alpha value is -3.96. The highest BCUT2D eigenvalue weighted by Gasteiger charge is 2.44. The number of nitrogens with one attached hydrogen (secondary N) is 4. The molecule has 0 unspecified atom stereocenters. The molecule has 0 atom stereocenters. The maximum atomic E-state index is 16.1. The minimum absolute atomic E-state index is 0.00769. The summed E-state index contributed by atoms with van der Waals surface area (Å²) in [6.07, 6.45) is 6.68. The van der Waals surface area contributed by atoms with E-state index in [4.69, 9.17) is 14.5 Å². The number of nitrogens with zero attached hydrogens (tertiary/aromatic N) is 2. The molecule has 5 aromatic rings. The molecule has 4 N–H and O–H groups in total. The van der Waals surface area contributed by atoms with Crippen molar-refractivity contribution < 1.29 is 18.3 Å². The van der Waals surface area contributed by atoms with Gasteiger partial charge in [-0.25, -0.2) is 9.97 Å². The largest absolute Gasteiger partial charge is 0.347 e. The molecule has 3 aromatic carbocycles. The Kier molecular flexibility index (Phi) is 10.6. The molecular formula is C39H48F2N6O2. The maximum absolute atomic E-state index is 16.1. The van der Waals surface area contributed by atoms with E-state index in [1.165, 1.54) is 25.7 Å². The molecule has 0 amide bonds. The average Bonchev–Trinajstić information content (AvgIpc) is 3.98. The fourth-order valence-corrected chi connectivity index (χ4v) is 6.93. The zero-order valence-corrected chi connectivity index (χ0v) is 29.2. The second-order valence-electron chi connectivity index (χ2n) is 12.6. The predicted octanol–water partition coefficient (Wildman–Crippen LogP) is 8.68. The van der Waals surface area contributed by atoms with Gasteiger partial charge in [-0.2, -0.15) is 8.78 Å². The van der Waals surface area contributed by atoms with Crippen molar-refractivity contribution in [2.45, 2.75) is 91.1 Å². The molecule has 2 aliphatic carbocycles. The number of aromatic amines is 2. The molecule has 10 heteroatoms. The summed E-state index contributed by atoms with van der Waals surface area (Å²) in [6.45, 7) is 12.7. The van der Waals surface area contributed by atoms with Gasteiger partial charge in [-0.05, 0) is 66.3 Å². The second kappa shape index (κ2) is 14.9. The highest BCUT2D eigenvalue weighted by atomic mass is 19.3. The van der Waals surface area contributed by atoms with Gasteiger partial charge in [0.25, 0.3) is 5.92 Å². The lowest BCUT2D eigenvalue weighted by Gasteiger charge is -2.22. The van der Waals surface area contributed by atoms with Gasteiger partial charge < -0.3 is 30.1 Å². The minimum atomic E-state index is -3.13. The highest BCUT2D eigenvalue weighted by Crippen LogP contribution is 2.52. The molecule has 2 aromatic heterocycles. The van der Waals surface area contributed by atoms with E-state index in [0.29, 0.717) is 67.1 Å². The van der Waals surface area contributed by atoms with Gasteiger partial charge in [0, 0.05) is 29.3 Å². The molecule has 1 aliphatic heterocycles. The third-order valence-corrected chi connectivity index (χ3v) is 9.36. The first kappa shape index (κ1) is 34.9. The number of hydrogen-bond acceptors (Lipinski definition) is 6. The van der Waals surface area contributed by atoms with Crippen LogP contribution in [0.4, 0.5) is 8.78 Å². The van der Waals surface area contributed by atoms with Gasteiger partial charge in [0.15, 0.2) is 5.79 Å². The number of alkyl halides is 2. The van der Waals surface area contributed by atoms with E-state index in [9.17, 15) is 0 Å². The fraction of sp³-hybridized carbons (Fsp3) is 0.436. The van der Waals surface area contributed by atoms with Crippen LogP contribution in [0.2, 0.25) is 0 Å². The number of ether oxygens (including phenoxy) is 2. The highest BCUT2D eigenvalue weighted by molar-refractivity contribution is 5.86. The van der Waals surface area contributed by atoms with Crippen LogP contribution in [0.1, 0.15) is 83.1 Å². The quantitative estimate of drug-likeness (QED) is 0.125. The van der Waals surface area contributed by atoms with E-state index >= 15 is 8.78 Å². The van der Waals surface area contributed by atoms with Crippen LogP contribution in [-0.2, 0) is 28.5 Å². The number of hydrogen-bond donors (Lipinski definition) is 4. The molecule has 0 bridgehead atoms. The number of benzene rings is 3. The Morgan fingerprint density at radius 3 is 2.14 bits per heavy atom. The Balaban J connectivity index is 0.00000101. The second-order valence-corrected chi connectivity index (χ2v) is 12.6. The zero-order chi connectivity index (χ0) is 34.6. The Labute approximate surface area is 287 Å². The summed E-state index contributed by atoms with van der Waals surface area (Å²) in [4.78, 5) is 15.9. The lowest BCUT2D eigenvalue weighted by molar-refractivity contribution is -0.138. The topological polar surface area (TPSA) is 99.9 Å². The van der Waals surface area contributed by atoms with Crippen molar-refractivity contribution in [3.05, 3.63) is 83.6 Å². The lowest BCUT2D eigenvalue weighted by atomic mass is 9.98. The third kappa shape index (κ3) is 7.19. The van der Waals surface area contributed by atoms with Crippen LogP contribution in [0.3, 0.4) is 0 Å². The Morgan fingerprint density at radius 1 is 0.796 bits per heavy atom. The number of imidazole rings is 2. The molecule has 260 valence electrons. The molecule has 3 heterocycles. The van der Waals surface area contributed by atoms with E-state index in [1.54, 1.807) is 24.4 Å². The summed E-state index contributed by atoms with van der Waals surface area (Å²) in [5, 5.41) is 6.88. The molecule has 0 spiro atoms. The maximum Gasteiger partial charge on any atom is 0.299 e. The van der Waals surface area contributed by atoms with Crippen LogP contribution in [-0.4, -0.2) is 51.5 Å². The SMILES string of the molecule is CC.CC.CC1(CNCc2ncc(-c3ccc4c(c3)C(F)(F)c3cc(-c5ccc6nc(CNC7CCCC7)[nH]c6c5)ccc3-4)[nH]2)OCCO1. The van der Waals surface area contributed by atoms with E-state index in [0.717, 1.165) is 28.0 Å². The average molecular weight is 671 g/mol. The van der Waals surface area contributed by atoms with Crippen molar-refractivity contribution >= 4 is 11.0 Å². The number of aromatic nitrogens is 4. The van der Waals surface area contributed by atoms with Crippen LogP contribution in [0.15, 0.2) is 60.8 Å². The van der Waals surface area contributed by atoms with Crippen molar-refractivity contribution in [1.29, 1.82) is 0 Å². The van der Waals surface area contributed by atoms with Crippen LogP contribution in [0.25, 0.3) is 44.5 Å². The minimum Gasteiger partial charge on any atom is -0.347 e. The number of H-pyrrole nitrogens is 2. The van der Waals surface area contributed by atoms with Crippen molar-refractivity contribution in [2.75, 3.05) is 19.8 Å². The molecule has 8 nitrogen and oxygen atoms in total. The predicted molar refractivity (Wildman–Crippen MR) is 191 cm³/mol. The van der Waals surface area contributed by atoms with Gasteiger partial charge in [0.2, 0.25) is 0 Å². The van der Waals surface area contributed by atoms with Crippen LogP contribution >= 0.6 is 0 Å². The van der Waals surface area contributed by atoms with Gasteiger partial charge >= 0.3 is 0 Å². The Morgan fingerprint density at radius 2 is 1.43 bits per heavy atom. The number of rotatable bonds is 9. The van der Waals surface area contributed by atoms with Gasteiger partial charge in [0.1, 0.15) is 11.6 Å². The van der Waals surface area contributed by atoms with E-state index in [1.807, 2.05) is 71.0 Å². The summed E-state index contributed by atoms with van der Waals surface area (Å²) >= 11 is 0. The normalized spacial score (nSPS) is 17.3. The standard InChI is InChI=1S/C35H36F2N6O2.2C2H6/c1-34(44-12-13-45-34)20-38-18-32-40-17-31(43-32)23-7-10-26-25-9-6-21(14-27(25)35(36,37)28(26)15-23)22-8-11-29-30(16-22)42-33(41-29)19-39-24-4-2-3-5-24;2*1-2/h6-11,14-17,24,38-39H,2-5,12-13,18-20H2,1H3,(H,40,43)(H,41,42);2*1-2H3. The molecule has 1 saturated carbocycles. The summed E-state index contributed by atoms with van der Waals surface area (Å²) in [5.41, 5.74) is 5.90. The summed E-state index contributed by atoms with van der Waals surface area (Å²) in [6, 6.07) is 17.1. The van der Waals surface area contributed by atoms with Crippen molar-refractivity contribution in [3.63, 3.8) is 0 Å². The summed E-state index contributed by atoms with van der Waals surface area (Å²) in [7, 11) is 0. The van der Waals surface area contributed by atoms with Crippen LogP contribution < -0.4 is 10.6 Å². The van der Waals surface area contributed by atoms with Gasteiger partial charge in [-0.15, -0.1) is 0 Å².